The predicted octanol–water partition coefficient (Wildman–Crippen LogP) is 9.49. The van der Waals surface area contributed by atoms with E-state index in [0.717, 1.165) is 33.8 Å². The average Bonchev–Trinajstić information content (AvgIpc) is 3.55. The molecule has 9 rings (SSSR count). The molecule has 0 saturated heterocycles. The molecule has 0 amide bonds. The van der Waals surface area contributed by atoms with E-state index in [2.05, 4.69) is 124 Å². The van der Waals surface area contributed by atoms with Crippen molar-refractivity contribution in [1.82, 2.24) is 19.1 Å². The van der Waals surface area contributed by atoms with Gasteiger partial charge in [0.15, 0.2) is 5.82 Å². The first-order valence-electron chi connectivity index (χ1n) is 14.2. The summed E-state index contributed by atoms with van der Waals surface area (Å²) in [5, 5.41) is 7.34. The molecule has 196 valence electrons. The molecule has 9 aromatic rings. The number of aromatic nitrogens is 4. The summed E-state index contributed by atoms with van der Waals surface area (Å²) >= 11 is 0. The minimum absolute atomic E-state index is 0.805. The van der Waals surface area contributed by atoms with Crippen molar-refractivity contribution in [2.75, 3.05) is 0 Å². The maximum Gasteiger partial charge on any atom is 0.156 e. The van der Waals surface area contributed by atoms with Gasteiger partial charge in [0.05, 0.1) is 40.2 Å². The van der Waals surface area contributed by atoms with E-state index < -0.39 is 0 Å². The summed E-state index contributed by atoms with van der Waals surface area (Å²) in [6, 6.07) is 47.4. The summed E-state index contributed by atoms with van der Waals surface area (Å²) in [6.07, 6.45) is 3.75. The summed E-state index contributed by atoms with van der Waals surface area (Å²) in [5.74, 6) is 0.805. The number of benzene rings is 6. The van der Waals surface area contributed by atoms with E-state index in [9.17, 15) is 0 Å². The predicted molar refractivity (Wildman–Crippen MR) is 174 cm³/mol. The number of para-hydroxylation sites is 3. The van der Waals surface area contributed by atoms with Crippen LogP contribution in [0.3, 0.4) is 0 Å². The molecule has 0 atom stereocenters. The van der Waals surface area contributed by atoms with Gasteiger partial charge in [-0.25, -0.2) is 4.98 Å². The van der Waals surface area contributed by atoms with Crippen molar-refractivity contribution < 1.29 is 0 Å². The number of hydrogen-bond donors (Lipinski definition) is 0. The van der Waals surface area contributed by atoms with Crippen LogP contribution in [0.1, 0.15) is 0 Å². The highest BCUT2D eigenvalue weighted by molar-refractivity contribution is 6.18. The highest BCUT2D eigenvalue weighted by atomic mass is 15.1. The standard InChI is InChI=1S/C38H24N4/c1-3-11-25(12-4-1)33-23-40-38(24-39-33)42-35-18-10-8-16-30(35)32-20-26-19-31-29-15-7-9-17-34(29)41(28-13-5-2-6-14-28)36(31)21-27(26)22-37(32)42/h1-24H. The zero-order chi connectivity index (χ0) is 27.6. The summed E-state index contributed by atoms with van der Waals surface area (Å²) in [6.45, 7) is 0. The molecule has 0 aliphatic carbocycles. The lowest BCUT2D eigenvalue weighted by Gasteiger charge is -2.10. The van der Waals surface area contributed by atoms with Gasteiger partial charge >= 0.3 is 0 Å². The first-order chi connectivity index (χ1) is 20.8. The number of fused-ring (bicyclic) bond motifs is 7. The minimum atomic E-state index is 0.805. The summed E-state index contributed by atoms with van der Waals surface area (Å²) < 4.78 is 4.61. The van der Waals surface area contributed by atoms with E-state index in [1.807, 2.05) is 30.6 Å². The molecule has 0 fully saturated rings. The monoisotopic (exact) mass is 536 g/mol. The Labute approximate surface area is 241 Å². The summed E-state index contributed by atoms with van der Waals surface area (Å²) in [5.41, 5.74) is 7.73. The minimum Gasteiger partial charge on any atom is -0.309 e. The van der Waals surface area contributed by atoms with Gasteiger partial charge < -0.3 is 4.57 Å². The van der Waals surface area contributed by atoms with Crippen LogP contribution >= 0.6 is 0 Å². The Morgan fingerprint density at radius 1 is 0.405 bits per heavy atom. The first-order valence-corrected chi connectivity index (χ1v) is 14.2. The SMILES string of the molecule is c1ccc(-c2cnc(-n3c4ccccc4c4cc5cc6c7ccccc7n(-c7ccccc7)c6cc5cc43)cn2)cc1. The Hall–Kier alpha value is -5.74. The van der Waals surface area contributed by atoms with Crippen LogP contribution in [0.25, 0.3) is 77.1 Å². The average molecular weight is 537 g/mol. The van der Waals surface area contributed by atoms with Gasteiger partial charge in [0.2, 0.25) is 0 Å². The van der Waals surface area contributed by atoms with E-state index in [0.29, 0.717) is 0 Å². The Bertz CT molecular complexity index is 2430. The molecule has 0 radical (unpaired) electrons. The molecule has 6 aromatic carbocycles. The Morgan fingerprint density at radius 2 is 0.952 bits per heavy atom. The quantitative estimate of drug-likeness (QED) is 0.225. The lowest BCUT2D eigenvalue weighted by Crippen LogP contribution is -1.99. The maximum atomic E-state index is 4.91. The first kappa shape index (κ1) is 23.0. The highest BCUT2D eigenvalue weighted by Crippen LogP contribution is 2.38. The summed E-state index contributed by atoms with van der Waals surface area (Å²) in [7, 11) is 0. The number of hydrogen-bond acceptors (Lipinski definition) is 2. The zero-order valence-electron chi connectivity index (χ0n) is 22.6. The van der Waals surface area contributed by atoms with Crippen LogP contribution in [0.2, 0.25) is 0 Å². The molecule has 42 heavy (non-hydrogen) atoms. The van der Waals surface area contributed by atoms with E-state index in [-0.39, 0.29) is 0 Å². The second-order valence-corrected chi connectivity index (χ2v) is 10.8. The van der Waals surface area contributed by atoms with Crippen LogP contribution in [0.4, 0.5) is 0 Å². The smallest absolute Gasteiger partial charge is 0.156 e. The van der Waals surface area contributed by atoms with Crippen molar-refractivity contribution >= 4 is 54.4 Å². The Kier molecular flexibility index (Phi) is 4.87. The van der Waals surface area contributed by atoms with Gasteiger partial charge in [0, 0.05) is 32.8 Å². The van der Waals surface area contributed by atoms with Gasteiger partial charge in [-0.3, -0.25) is 9.55 Å². The molecule has 0 aliphatic heterocycles. The van der Waals surface area contributed by atoms with Crippen molar-refractivity contribution in [3.05, 3.63) is 146 Å². The van der Waals surface area contributed by atoms with E-state index >= 15 is 0 Å². The highest BCUT2D eigenvalue weighted by Gasteiger charge is 2.17. The third kappa shape index (κ3) is 3.36. The van der Waals surface area contributed by atoms with Crippen LogP contribution in [0.5, 0.6) is 0 Å². The van der Waals surface area contributed by atoms with Crippen molar-refractivity contribution in [2.24, 2.45) is 0 Å². The van der Waals surface area contributed by atoms with E-state index in [1.54, 1.807) is 0 Å². The molecule has 0 saturated carbocycles. The van der Waals surface area contributed by atoms with Gasteiger partial charge in [-0.2, -0.15) is 0 Å². The Balaban J connectivity index is 1.33. The van der Waals surface area contributed by atoms with Crippen molar-refractivity contribution in [1.29, 1.82) is 0 Å². The van der Waals surface area contributed by atoms with Crippen molar-refractivity contribution in [2.45, 2.75) is 0 Å². The topological polar surface area (TPSA) is 35.6 Å². The fourth-order valence-corrected chi connectivity index (χ4v) is 6.48. The third-order valence-electron chi connectivity index (χ3n) is 8.37. The number of nitrogens with zero attached hydrogens (tertiary/aromatic N) is 4. The third-order valence-corrected chi connectivity index (χ3v) is 8.37. The van der Waals surface area contributed by atoms with Crippen molar-refractivity contribution in [3.8, 4) is 22.8 Å². The van der Waals surface area contributed by atoms with Gasteiger partial charge in [-0.15, -0.1) is 0 Å². The number of rotatable bonds is 3. The van der Waals surface area contributed by atoms with Crippen LogP contribution < -0.4 is 0 Å². The lowest BCUT2D eigenvalue weighted by molar-refractivity contribution is 1.05. The fourth-order valence-electron chi connectivity index (χ4n) is 6.48. The molecule has 0 bridgehead atoms. The molecule has 0 unspecified atom stereocenters. The molecule has 0 N–H and O–H groups in total. The van der Waals surface area contributed by atoms with E-state index in [4.69, 9.17) is 9.97 Å². The van der Waals surface area contributed by atoms with Crippen LogP contribution in [0, 0.1) is 0 Å². The normalized spacial score (nSPS) is 11.8. The maximum absolute atomic E-state index is 4.91. The van der Waals surface area contributed by atoms with Gasteiger partial charge in [0.1, 0.15) is 0 Å². The summed E-state index contributed by atoms with van der Waals surface area (Å²) in [4.78, 5) is 9.71. The molecular formula is C38H24N4. The van der Waals surface area contributed by atoms with Crippen molar-refractivity contribution in [3.63, 3.8) is 0 Å². The zero-order valence-corrected chi connectivity index (χ0v) is 22.6. The molecule has 4 heteroatoms. The van der Waals surface area contributed by atoms with Crippen LogP contribution in [-0.2, 0) is 0 Å². The van der Waals surface area contributed by atoms with E-state index in [1.165, 1.54) is 43.4 Å². The van der Waals surface area contributed by atoms with Gasteiger partial charge in [-0.1, -0.05) is 84.9 Å². The molecule has 4 nitrogen and oxygen atoms in total. The van der Waals surface area contributed by atoms with Gasteiger partial charge in [-0.05, 0) is 59.3 Å². The van der Waals surface area contributed by atoms with Crippen LogP contribution in [-0.4, -0.2) is 19.1 Å². The Morgan fingerprint density at radius 3 is 1.60 bits per heavy atom. The molecule has 3 aromatic heterocycles. The fraction of sp³-hybridized carbons (Fsp3) is 0. The van der Waals surface area contributed by atoms with Gasteiger partial charge in [0.25, 0.3) is 0 Å². The molecule has 0 spiro atoms. The molecule has 3 heterocycles. The second-order valence-electron chi connectivity index (χ2n) is 10.8. The molecular weight excluding hydrogens is 512 g/mol. The lowest BCUT2D eigenvalue weighted by atomic mass is 10.0. The largest absolute Gasteiger partial charge is 0.309 e. The molecule has 0 aliphatic rings. The van der Waals surface area contributed by atoms with Crippen LogP contribution in [0.15, 0.2) is 146 Å². The second kappa shape index (κ2) is 8.88.